The summed E-state index contributed by atoms with van der Waals surface area (Å²) in [5.74, 6) is -1.33. The molecule has 5 nitrogen and oxygen atoms in total. The highest BCUT2D eigenvalue weighted by atomic mass is 35.5. The average Bonchev–Trinajstić information content (AvgIpc) is 2.22. The van der Waals surface area contributed by atoms with Crippen LogP contribution in [-0.4, -0.2) is 22.2 Å². The molecule has 0 spiro atoms. The van der Waals surface area contributed by atoms with E-state index in [9.17, 15) is 4.79 Å². The zero-order valence-electron chi connectivity index (χ0n) is 8.00. The third-order valence-electron chi connectivity index (χ3n) is 1.68. The zero-order valence-corrected chi connectivity index (χ0v) is 10.3. The summed E-state index contributed by atoms with van der Waals surface area (Å²) >= 11 is 17.1. The number of anilines is 1. The first-order chi connectivity index (χ1) is 7.34. The summed E-state index contributed by atoms with van der Waals surface area (Å²) in [6.07, 6.45) is -1.12. The number of nitrogens with two attached hydrogens (primary N) is 1. The molecule has 1 rings (SSSR count). The van der Waals surface area contributed by atoms with Gasteiger partial charge in [0.15, 0.2) is 11.3 Å². The van der Waals surface area contributed by atoms with E-state index in [0.717, 1.165) is 0 Å². The van der Waals surface area contributed by atoms with Crippen LogP contribution < -0.4 is 10.5 Å². The number of pyridine rings is 1. The van der Waals surface area contributed by atoms with Crippen LogP contribution in [0.5, 0.6) is 5.88 Å². The van der Waals surface area contributed by atoms with Gasteiger partial charge in [0.1, 0.15) is 10.0 Å². The summed E-state index contributed by atoms with van der Waals surface area (Å²) in [6, 6.07) is 0. The number of carboxylic acid groups (broad SMARTS) is 1. The summed E-state index contributed by atoms with van der Waals surface area (Å²) < 4.78 is 4.96. The van der Waals surface area contributed by atoms with Crippen LogP contribution >= 0.6 is 34.8 Å². The SMILES string of the molecule is CC(Oc1nc(Cl)c(Cl)c(N)c1Cl)C(=O)O. The molecule has 0 amide bonds. The van der Waals surface area contributed by atoms with Gasteiger partial charge < -0.3 is 15.6 Å². The number of carbonyl (C=O) groups is 1. The number of halogens is 3. The van der Waals surface area contributed by atoms with Gasteiger partial charge in [-0.3, -0.25) is 0 Å². The minimum absolute atomic E-state index is 0.00185. The molecule has 88 valence electrons. The Morgan fingerprint density at radius 3 is 2.50 bits per heavy atom. The van der Waals surface area contributed by atoms with Crippen LogP contribution in [0.1, 0.15) is 6.92 Å². The number of aliphatic carboxylic acids is 1. The molecule has 0 radical (unpaired) electrons. The van der Waals surface area contributed by atoms with Gasteiger partial charge in [0.05, 0.1) is 5.69 Å². The van der Waals surface area contributed by atoms with Crippen molar-refractivity contribution >= 4 is 46.5 Å². The molecule has 1 unspecified atom stereocenters. The summed E-state index contributed by atoms with van der Waals surface area (Å²) in [5, 5.41) is 8.48. The molecule has 8 heteroatoms. The third kappa shape index (κ3) is 2.61. The molecule has 0 aliphatic rings. The smallest absolute Gasteiger partial charge is 0.344 e. The van der Waals surface area contributed by atoms with Crippen molar-refractivity contribution in [3.63, 3.8) is 0 Å². The van der Waals surface area contributed by atoms with Crippen molar-refractivity contribution in [3.05, 3.63) is 15.2 Å². The second-order valence-corrected chi connectivity index (χ2v) is 3.96. The highest BCUT2D eigenvalue weighted by Crippen LogP contribution is 2.38. The van der Waals surface area contributed by atoms with Crippen LogP contribution in [0.2, 0.25) is 15.2 Å². The highest BCUT2D eigenvalue weighted by molar-refractivity contribution is 6.45. The fourth-order valence-electron chi connectivity index (χ4n) is 0.806. The third-order valence-corrected chi connectivity index (χ3v) is 2.80. The molecule has 1 aromatic rings. The number of nitrogens with zero attached hydrogens (tertiary/aromatic N) is 1. The number of rotatable bonds is 3. The van der Waals surface area contributed by atoms with Crippen molar-refractivity contribution in [1.82, 2.24) is 4.98 Å². The second kappa shape index (κ2) is 4.95. The van der Waals surface area contributed by atoms with E-state index in [-0.39, 0.29) is 26.8 Å². The molecule has 0 saturated heterocycles. The van der Waals surface area contributed by atoms with Gasteiger partial charge in [-0.1, -0.05) is 34.8 Å². The van der Waals surface area contributed by atoms with Crippen LogP contribution in [0, 0.1) is 0 Å². The highest BCUT2D eigenvalue weighted by Gasteiger charge is 2.20. The summed E-state index contributed by atoms with van der Waals surface area (Å²) in [5.41, 5.74) is 5.52. The first-order valence-electron chi connectivity index (χ1n) is 4.04. The fraction of sp³-hybridized carbons (Fsp3) is 0.250. The van der Waals surface area contributed by atoms with Gasteiger partial charge in [-0.2, -0.15) is 4.98 Å². The Balaban J connectivity index is 3.11. The minimum Gasteiger partial charge on any atom is -0.479 e. The van der Waals surface area contributed by atoms with Gasteiger partial charge in [-0.15, -0.1) is 0 Å². The van der Waals surface area contributed by atoms with Crippen LogP contribution in [-0.2, 0) is 4.79 Å². The van der Waals surface area contributed by atoms with E-state index in [0.29, 0.717) is 0 Å². The topological polar surface area (TPSA) is 85.4 Å². The monoisotopic (exact) mass is 284 g/mol. The van der Waals surface area contributed by atoms with Gasteiger partial charge in [0, 0.05) is 0 Å². The molecular formula is C8H7Cl3N2O3. The second-order valence-electron chi connectivity index (χ2n) is 2.85. The quantitative estimate of drug-likeness (QED) is 0.833. The van der Waals surface area contributed by atoms with E-state index >= 15 is 0 Å². The lowest BCUT2D eigenvalue weighted by Gasteiger charge is -2.13. The van der Waals surface area contributed by atoms with Gasteiger partial charge >= 0.3 is 5.97 Å². The lowest BCUT2D eigenvalue weighted by atomic mass is 10.4. The lowest BCUT2D eigenvalue weighted by Crippen LogP contribution is -2.23. The summed E-state index contributed by atoms with van der Waals surface area (Å²) in [4.78, 5) is 14.3. The van der Waals surface area contributed by atoms with E-state index in [4.69, 9.17) is 50.4 Å². The van der Waals surface area contributed by atoms with Gasteiger partial charge in [-0.05, 0) is 6.92 Å². The number of hydrogen-bond donors (Lipinski definition) is 2. The maximum Gasteiger partial charge on any atom is 0.344 e. The molecule has 1 atom stereocenters. The molecule has 0 bridgehead atoms. The van der Waals surface area contributed by atoms with Gasteiger partial charge in [0.2, 0.25) is 5.88 Å². The van der Waals surface area contributed by atoms with Gasteiger partial charge in [0.25, 0.3) is 0 Å². The Morgan fingerprint density at radius 1 is 1.44 bits per heavy atom. The van der Waals surface area contributed by atoms with E-state index in [1.54, 1.807) is 0 Å². The zero-order chi connectivity index (χ0) is 12.5. The molecule has 0 saturated carbocycles. The molecule has 0 aliphatic heterocycles. The van der Waals surface area contributed by atoms with E-state index in [1.807, 2.05) is 0 Å². The normalized spacial score (nSPS) is 12.2. The van der Waals surface area contributed by atoms with Crippen LogP contribution in [0.4, 0.5) is 5.69 Å². The molecule has 0 aromatic carbocycles. The maximum atomic E-state index is 10.6. The first-order valence-corrected chi connectivity index (χ1v) is 5.17. The molecular weight excluding hydrogens is 278 g/mol. The summed E-state index contributed by atoms with van der Waals surface area (Å²) in [7, 11) is 0. The Labute approximate surface area is 106 Å². The number of aromatic nitrogens is 1. The predicted molar refractivity (Wildman–Crippen MR) is 61.4 cm³/mol. The standard InChI is InChI=1S/C8H7Cl3N2O3/c1-2(8(14)15)16-7-4(10)5(12)3(9)6(11)13-7/h2H,1H3,(H2,12,13)(H,14,15). The largest absolute Gasteiger partial charge is 0.479 e. The van der Waals surface area contributed by atoms with E-state index < -0.39 is 12.1 Å². The van der Waals surface area contributed by atoms with Crippen molar-refractivity contribution in [3.8, 4) is 5.88 Å². The number of nitrogen functional groups attached to an aromatic ring is 1. The Hall–Kier alpha value is -0.910. The first kappa shape index (κ1) is 13.2. The molecule has 16 heavy (non-hydrogen) atoms. The van der Waals surface area contributed by atoms with Gasteiger partial charge in [-0.25, -0.2) is 4.79 Å². The minimum atomic E-state index is -1.16. The predicted octanol–water partition coefficient (Wildman–Crippen LogP) is 2.48. The van der Waals surface area contributed by atoms with Crippen LogP contribution in [0.15, 0.2) is 0 Å². The maximum absolute atomic E-state index is 10.6. The number of ether oxygens (including phenoxy) is 1. The molecule has 3 N–H and O–H groups in total. The molecule has 1 heterocycles. The molecule has 0 fully saturated rings. The fourth-order valence-corrected chi connectivity index (χ4v) is 1.35. The van der Waals surface area contributed by atoms with Crippen LogP contribution in [0.3, 0.4) is 0 Å². The number of carboxylic acids is 1. The Morgan fingerprint density at radius 2 is 2.00 bits per heavy atom. The van der Waals surface area contributed by atoms with Crippen LogP contribution in [0.25, 0.3) is 0 Å². The molecule has 0 aliphatic carbocycles. The number of hydrogen-bond acceptors (Lipinski definition) is 4. The Bertz CT molecular complexity index is 439. The average molecular weight is 286 g/mol. The Kier molecular flexibility index (Phi) is 4.07. The summed E-state index contributed by atoms with van der Waals surface area (Å²) in [6.45, 7) is 1.32. The van der Waals surface area contributed by atoms with Crippen molar-refractivity contribution < 1.29 is 14.6 Å². The molecule has 1 aromatic heterocycles. The lowest BCUT2D eigenvalue weighted by molar-refractivity contribution is -0.144. The van der Waals surface area contributed by atoms with E-state index in [2.05, 4.69) is 4.98 Å². The van der Waals surface area contributed by atoms with Crippen molar-refractivity contribution in [2.45, 2.75) is 13.0 Å². The van der Waals surface area contributed by atoms with E-state index in [1.165, 1.54) is 6.92 Å². The van der Waals surface area contributed by atoms with Crippen molar-refractivity contribution in [2.75, 3.05) is 5.73 Å². The van der Waals surface area contributed by atoms with Crippen molar-refractivity contribution in [2.24, 2.45) is 0 Å². The van der Waals surface area contributed by atoms with Crippen molar-refractivity contribution in [1.29, 1.82) is 0 Å².